The molecular formula is C10H12N4O4S. The van der Waals surface area contributed by atoms with E-state index in [-0.39, 0.29) is 16.5 Å². The van der Waals surface area contributed by atoms with Crippen molar-refractivity contribution in [1.29, 1.82) is 0 Å². The van der Waals surface area contributed by atoms with Gasteiger partial charge in [0.2, 0.25) is 0 Å². The van der Waals surface area contributed by atoms with Gasteiger partial charge in [-0.2, -0.15) is 12.7 Å². The first-order valence-corrected chi connectivity index (χ1v) is 6.70. The molecular weight excluding hydrogens is 272 g/mol. The van der Waals surface area contributed by atoms with E-state index in [0.717, 1.165) is 4.31 Å². The van der Waals surface area contributed by atoms with Crippen molar-refractivity contribution in [3.8, 4) is 0 Å². The van der Waals surface area contributed by atoms with Crippen LogP contribution in [0.1, 0.15) is 0 Å². The van der Waals surface area contributed by atoms with Gasteiger partial charge in [0.25, 0.3) is 11.1 Å². The van der Waals surface area contributed by atoms with Crippen LogP contribution in [0.5, 0.6) is 0 Å². The van der Waals surface area contributed by atoms with E-state index in [2.05, 4.69) is 14.9 Å². The SMILES string of the molecule is CN(C)S(=O)(=O)Nc1ccc2c(=O)[nH][nH]c(=O)c2c1. The lowest BCUT2D eigenvalue weighted by Gasteiger charge is -2.13. The predicted octanol–water partition coefficient (Wildman–Crippen LogP) is -0.565. The topological polar surface area (TPSA) is 115 Å². The third-order valence-corrected chi connectivity index (χ3v) is 3.98. The van der Waals surface area contributed by atoms with E-state index in [0.29, 0.717) is 0 Å². The average molecular weight is 284 g/mol. The Morgan fingerprint density at radius 1 is 1.05 bits per heavy atom. The van der Waals surface area contributed by atoms with Crippen molar-refractivity contribution >= 4 is 26.7 Å². The summed E-state index contributed by atoms with van der Waals surface area (Å²) in [6.07, 6.45) is 0. The minimum absolute atomic E-state index is 0.114. The molecule has 0 bridgehead atoms. The second kappa shape index (κ2) is 4.52. The third kappa shape index (κ3) is 2.51. The van der Waals surface area contributed by atoms with E-state index < -0.39 is 21.3 Å². The van der Waals surface area contributed by atoms with Crippen molar-refractivity contribution in [2.24, 2.45) is 0 Å². The molecule has 1 heterocycles. The van der Waals surface area contributed by atoms with Crippen LogP contribution in [0.2, 0.25) is 0 Å². The molecule has 2 aromatic rings. The van der Waals surface area contributed by atoms with Gasteiger partial charge >= 0.3 is 10.2 Å². The fraction of sp³-hybridized carbons (Fsp3) is 0.200. The molecule has 0 unspecified atom stereocenters. The van der Waals surface area contributed by atoms with Crippen LogP contribution in [-0.4, -0.2) is 37.0 Å². The van der Waals surface area contributed by atoms with E-state index in [1.54, 1.807) is 0 Å². The number of rotatable bonds is 3. The van der Waals surface area contributed by atoms with Crippen molar-refractivity contribution in [3.63, 3.8) is 0 Å². The fourth-order valence-corrected chi connectivity index (χ4v) is 2.09. The van der Waals surface area contributed by atoms with Crippen LogP contribution in [0, 0.1) is 0 Å². The number of benzene rings is 1. The summed E-state index contributed by atoms with van der Waals surface area (Å²) in [5, 5.41) is 4.67. The number of hydrogen-bond donors (Lipinski definition) is 3. The highest BCUT2D eigenvalue weighted by molar-refractivity contribution is 7.90. The lowest BCUT2D eigenvalue weighted by molar-refractivity contribution is 0.527. The minimum Gasteiger partial charge on any atom is -0.271 e. The lowest BCUT2D eigenvalue weighted by atomic mass is 10.2. The summed E-state index contributed by atoms with van der Waals surface area (Å²) in [5.74, 6) is 0. The summed E-state index contributed by atoms with van der Waals surface area (Å²) >= 11 is 0. The Hall–Kier alpha value is -2.13. The standard InChI is InChI=1S/C10H12N4O4S/c1-14(2)19(17,18)13-6-3-4-7-8(5-6)10(16)12-11-9(7)15/h3-5,13H,1-2H3,(H,11,15)(H,12,16). The summed E-state index contributed by atoms with van der Waals surface area (Å²) in [4.78, 5) is 23.0. The highest BCUT2D eigenvalue weighted by Gasteiger charge is 2.13. The van der Waals surface area contributed by atoms with Crippen molar-refractivity contribution in [1.82, 2.24) is 14.5 Å². The third-order valence-electron chi connectivity index (χ3n) is 2.53. The van der Waals surface area contributed by atoms with Crippen LogP contribution >= 0.6 is 0 Å². The number of anilines is 1. The Labute approximate surface area is 108 Å². The highest BCUT2D eigenvalue weighted by atomic mass is 32.2. The van der Waals surface area contributed by atoms with Crippen LogP contribution in [0.15, 0.2) is 27.8 Å². The van der Waals surface area contributed by atoms with Gasteiger partial charge in [0.15, 0.2) is 0 Å². The monoisotopic (exact) mass is 284 g/mol. The second-order valence-electron chi connectivity index (χ2n) is 4.06. The van der Waals surface area contributed by atoms with E-state index in [4.69, 9.17) is 0 Å². The van der Waals surface area contributed by atoms with Crippen LogP contribution in [0.3, 0.4) is 0 Å². The van der Waals surface area contributed by atoms with E-state index in [9.17, 15) is 18.0 Å². The molecule has 2 rings (SSSR count). The second-order valence-corrected chi connectivity index (χ2v) is 5.94. The molecule has 8 nitrogen and oxygen atoms in total. The van der Waals surface area contributed by atoms with Gasteiger partial charge in [0, 0.05) is 14.1 Å². The fourth-order valence-electron chi connectivity index (χ4n) is 1.48. The van der Waals surface area contributed by atoms with Crippen LogP contribution in [0.25, 0.3) is 10.8 Å². The molecule has 0 atom stereocenters. The van der Waals surface area contributed by atoms with Gasteiger partial charge in [-0.3, -0.25) is 24.5 Å². The normalized spacial score (nSPS) is 11.9. The first-order valence-electron chi connectivity index (χ1n) is 5.26. The van der Waals surface area contributed by atoms with Crippen molar-refractivity contribution < 1.29 is 8.42 Å². The quantitative estimate of drug-likeness (QED) is 0.700. The first-order chi connectivity index (χ1) is 8.81. The Balaban J connectivity index is 2.58. The molecule has 0 aliphatic carbocycles. The summed E-state index contributed by atoms with van der Waals surface area (Å²) in [6.45, 7) is 0. The zero-order chi connectivity index (χ0) is 14.2. The van der Waals surface area contributed by atoms with E-state index >= 15 is 0 Å². The molecule has 19 heavy (non-hydrogen) atoms. The van der Waals surface area contributed by atoms with Gasteiger partial charge in [0.05, 0.1) is 16.5 Å². The lowest BCUT2D eigenvalue weighted by Crippen LogP contribution is -2.29. The Bertz CT molecular complexity index is 834. The zero-order valence-electron chi connectivity index (χ0n) is 10.2. The molecule has 1 aromatic carbocycles. The summed E-state index contributed by atoms with van der Waals surface area (Å²) < 4.78 is 26.6. The van der Waals surface area contributed by atoms with Crippen molar-refractivity contribution in [2.75, 3.05) is 18.8 Å². The van der Waals surface area contributed by atoms with Crippen LogP contribution < -0.4 is 15.8 Å². The highest BCUT2D eigenvalue weighted by Crippen LogP contribution is 2.14. The predicted molar refractivity (Wildman–Crippen MR) is 71.4 cm³/mol. The molecule has 0 saturated heterocycles. The average Bonchev–Trinajstić information content (AvgIpc) is 2.33. The number of nitrogens with zero attached hydrogens (tertiary/aromatic N) is 1. The molecule has 0 aliphatic heterocycles. The maximum atomic E-state index is 11.6. The van der Waals surface area contributed by atoms with Crippen LogP contribution in [-0.2, 0) is 10.2 Å². The first kappa shape index (κ1) is 13.3. The van der Waals surface area contributed by atoms with Crippen LogP contribution in [0.4, 0.5) is 5.69 Å². The van der Waals surface area contributed by atoms with Gasteiger partial charge in [-0.15, -0.1) is 0 Å². The van der Waals surface area contributed by atoms with Crippen molar-refractivity contribution in [3.05, 3.63) is 38.9 Å². The van der Waals surface area contributed by atoms with Gasteiger partial charge in [-0.05, 0) is 18.2 Å². The van der Waals surface area contributed by atoms with Gasteiger partial charge in [0.1, 0.15) is 0 Å². The van der Waals surface area contributed by atoms with E-state index in [1.807, 2.05) is 0 Å². The molecule has 102 valence electrons. The molecule has 0 fully saturated rings. The molecule has 0 spiro atoms. The number of aromatic amines is 2. The Morgan fingerprint density at radius 3 is 2.21 bits per heavy atom. The molecule has 0 amide bonds. The molecule has 0 aliphatic rings. The molecule has 0 saturated carbocycles. The number of H-pyrrole nitrogens is 2. The number of hydrogen-bond acceptors (Lipinski definition) is 4. The smallest absolute Gasteiger partial charge is 0.271 e. The van der Waals surface area contributed by atoms with Gasteiger partial charge in [-0.25, -0.2) is 0 Å². The zero-order valence-corrected chi connectivity index (χ0v) is 11.0. The molecule has 9 heteroatoms. The maximum absolute atomic E-state index is 11.6. The minimum atomic E-state index is -3.66. The largest absolute Gasteiger partial charge is 0.301 e. The van der Waals surface area contributed by atoms with Crippen molar-refractivity contribution in [2.45, 2.75) is 0 Å². The van der Waals surface area contributed by atoms with E-state index in [1.165, 1.54) is 32.3 Å². The molecule has 3 N–H and O–H groups in total. The number of fused-ring (bicyclic) bond motifs is 1. The van der Waals surface area contributed by atoms with Gasteiger partial charge < -0.3 is 0 Å². The Morgan fingerprint density at radius 2 is 1.63 bits per heavy atom. The number of aromatic nitrogens is 2. The summed E-state index contributed by atoms with van der Waals surface area (Å²) in [7, 11) is -0.906. The molecule has 1 aromatic heterocycles. The molecule has 0 radical (unpaired) electrons. The van der Waals surface area contributed by atoms with Gasteiger partial charge in [-0.1, -0.05) is 0 Å². The summed E-state index contributed by atoms with van der Waals surface area (Å²) in [5.41, 5.74) is -0.741. The maximum Gasteiger partial charge on any atom is 0.301 e. The summed E-state index contributed by atoms with van der Waals surface area (Å²) in [6, 6.07) is 4.11. The number of nitrogens with one attached hydrogen (secondary N) is 3. The Kier molecular flexibility index (Phi) is 3.16.